The lowest BCUT2D eigenvalue weighted by atomic mass is 10.1. The minimum atomic E-state index is -3.74. The molecule has 6 nitrogen and oxygen atoms in total. The van der Waals surface area contributed by atoms with Crippen molar-refractivity contribution in [2.75, 3.05) is 13.2 Å². The molecule has 2 amide bonds. The number of nitrogens with zero attached hydrogens (tertiary/aromatic N) is 1. The van der Waals surface area contributed by atoms with E-state index in [1.54, 1.807) is 42.5 Å². The van der Waals surface area contributed by atoms with Gasteiger partial charge in [-0.3, -0.25) is 18.7 Å². The molecule has 0 unspecified atom stereocenters. The van der Waals surface area contributed by atoms with E-state index in [9.17, 15) is 18.0 Å². The second-order valence-electron chi connectivity index (χ2n) is 5.96. The van der Waals surface area contributed by atoms with Crippen LogP contribution in [-0.4, -0.2) is 38.3 Å². The Labute approximate surface area is 152 Å². The molecule has 0 aliphatic carbocycles. The highest BCUT2D eigenvalue weighted by Crippen LogP contribution is 2.22. The first-order valence-electron chi connectivity index (χ1n) is 8.40. The molecule has 0 saturated heterocycles. The summed E-state index contributed by atoms with van der Waals surface area (Å²) in [5.41, 5.74) is 0.879. The molecule has 0 spiro atoms. The van der Waals surface area contributed by atoms with Gasteiger partial charge in [0.05, 0.1) is 22.6 Å². The summed E-state index contributed by atoms with van der Waals surface area (Å²) in [4.78, 5) is 25.8. The summed E-state index contributed by atoms with van der Waals surface area (Å²) in [6, 6.07) is 14.7. The van der Waals surface area contributed by atoms with Gasteiger partial charge in [-0.05, 0) is 43.5 Å². The van der Waals surface area contributed by atoms with Gasteiger partial charge in [0.25, 0.3) is 21.9 Å². The zero-order chi connectivity index (χ0) is 18.6. The molecule has 7 heteroatoms. The van der Waals surface area contributed by atoms with Gasteiger partial charge < -0.3 is 0 Å². The van der Waals surface area contributed by atoms with E-state index in [1.165, 1.54) is 17.0 Å². The molecule has 0 saturated carbocycles. The van der Waals surface area contributed by atoms with Crippen LogP contribution in [0.25, 0.3) is 0 Å². The highest BCUT2D eigenvalue weighted by atomic mass is 32.2. The molecule has 0 fully saturated rings. The van der Waals surface area contributed by atoms with E-state index < -0.39 is 10.1 Å². The standard InChI is InChI=1S/C19H19NO5S/c21-18-16-11-5-6-12-17(16)19(22)20(18)13-7-2-8-14-25-26(23,24)15-9-3-1-4-10-15/h1,3-6,9-12H,2,7-8,13-14H2. The molecule has 2 aromatic carbocycles. The maximum absolute atomic E-state index is 12.2. The molecule has 26 heavy (non-hydrogen) atoms. The molecule has 0 radical (unpaired) electrons. The molecule has 1 aliphatic heterocycles. The summed E-state index contributed by atoms with van der Waals surface area (Å²) < 4.78 is 28.9. The second kappa shape index (κ2) is 7.80. The number of fused-ring (bicyclic) bond motifs is 1. The summed E-state index contributed by atoms with van der Waals surface area (Å²) in [6.07, 6.45) is 1.77. The lowest BCUT2D eigenvalue weighted by molar-refractivity contribution is 0.0651. The van der Waals surface area contributed by atoms with E-state index in [4.69, 9.17) is 4.18 Å². The Hall–Kier alpha value is -2.51. The SMILES string of the molecule is O=C1c2ccccc2C(=O)N1CCCCCOS(=O)(=O)c1ccccc1. The first-order valence-corrected chi connectivity index (χ1v) is 9.81. The highest BCUT2D eigenvalue weighted by molar-refractivity contribution is 7.86. The van der Waals surface area contributed by atoms with E-state index in [0.717, 1.165) is 0 Å². The average molecular weight is 373 g/mol. The Morgan fingerprint density at radius 2 is 1.35 bits per heavy atom. The third kappa shape index (κ3) is 3.84. The van der Waals surface area contributed by atoms with Crippen LogP contribution in [0.5, 0.6) is 0 Å². The summed E-state index contributed by atoms with van der Waals surface area (Å²) >= 11 is 0. The van der Waals surface area contributed by atoms with Gasteiger partial charge >= 0.3 is 0 Å². The monoisotopic (exact) mass is 373 g/mol. The third-order valence-corrected chi connectivity index (χ3v) is 5.50. The largest absolute Gasteiger partial charge is 0.296 e. The zero-order valence-corrected chi connectivity index (χ0v) is 14.9. The molecule has 2 aromatic rings. The zero-order valence-electron chi connectivity index (χ0n) is 14.1. The smallest absolute Gasteiger partial charge is 0.274 e. The number of hydrogen-bond acceptors (Lipinski definition) is 5. The summed E-state index contributed by atoms with van der Waals surface area (Å²) in [5.74, 6) is -0.540. The number of hydrogen-bond donors (Lipinski definition) is 0. The van der Waals surface area contributed by atoms with Crippen molar-refractivity contribution in [3.63, 3.8) is 0 Å². The van der Waals surface area contributed by atoms with Crippen molar-refractivity contribution in [2.45, 2.75) is 24.2 Å². The molecule has 3 rings (SSSR count). The minimum absolute atomic E-state index is 0.0688. The molecule has 1 aliphatic rings. The summed E-state index contributed by atoms with van der Waals surface area (Å²) in [7, 11) is -3.74. The van der Waals surface area contributed by atoms with Crippen LogP contribution >= 0.6 is 0 Å². The Morgan fingerprint density at radius 1 is 0.769 bits per heavy atom. The first kappa shape index (κ1) is 18.3. The van der Waals surface area contributed by atoms with Crippen LogP contribution in [0.2, 0.25) is 0 Å². The van der Waals surface area contributed by atoms with E-state index in [0.29, 0.717) is 36.9 Å². The third-order valence-electron chi connectivity index (χ3n) is 4.17. The Balaban J connectivity index is 1.42. The quantitative estimate of drug-likeness (QED) is 0.404. The number of amides is 2. The van der Waals surface area contributed by atoms with Gasteiger partial charge in [0, 0.05) is 6.54 Å². The lowest BCUT2D eigenvalue weighted by Gasteiger charge is -2.13. The van der Waals surface area contributed by atoms with E-state index in [2.05, 4.69) is 0 Å². The molecular formula is C19H19NO5S. The maximum Gasteiger partial charge on any atom is 0.296 e. The number of carbonyl (C=O) groups excluding carboxylic acids is 2. The second-order valence-corrected chi connectivity index (χ2v) is 7.57. The van der Waals surface area contributed by atoms with Crippen molar-refractivity contribution in [1.29, 1.82) is 0 Å². The first-order chi connectivity index (χ1) is 12.5. The molecule has 0 N–H and O–H groups in total. The van der Waals surface area contributed by atoms with Crippen molar-refractivity contribution >= 4 is 21.9 Å². The Morgan fingerprint density at radius 3 is 1.96 bits per heavy atom. The van der Waals surface area contributed by atoms with Crippen LogP contribution in [0.1, 0.15) is 40.0 Å². The van der Waals surface area contributed by atoms with Gasteiger partial charge in [0.2, 0.25) is 0 Å². The summed E-state index contributed by atoms with van der Waals surface area (Å²) in [5, 5.41) is 0. The van der Waals surface area contributed by atoms with Crippen LogP contribution in [-0.2, 0) is 14.3 Å². The maximum atomic E-state index is 12.2. The van der Waals surface area contributed by atoms with Gasteiger partial charge in [0.15, 0.2) is 0 Å². The van der Waals surface area contributed by atoms with E-state index in [-0.39, 0.29) is 23.3 Å². The molecule has 1 heterocycles. The Kier molecular flexibility index (Phi) is 5.49. The van der Waals surface area contributed by atoms with Crippen LogP contribution in [0.15, 0.2) is 59.5 Å². The minimum Gasteiger partial charge on any atom is -0.274 e. The van der Waals surface area contributed by atoms with Crippen LogP contribution in [0, 0.1) is 0 Å². The van der Waals surface area contributed by atoms with Gasteiger partial charge in [-0.15, -0.1) is 0 Å². The van der Waals surface area contributed by atoms with Crippen molar-refractivity contribution in [3.8, 4) is 0 Å². The van der Waals surface area contributed by atoms with Crippen LogP contribution in [0.4, 0.5) is 0 Å². The van der Waals surface area contributed by atoms with Crippen molar-refractivity contribution in [1.82, 2.24) is 4.90 Å². The molecular weight excluding hydrogens is 354 g/mol. The molecule has 0 aromatic heterocycles. The fourth-order valence-corrected chi connectivity index (χ4v) is 3.78. The van der Waals surface area contributed by atoms with Gasteiger partial charge in [0.1, 0.15) is 0 Å². The van der Waals surface area contributed by atoms with Gasteiger partial charge in [-0.25, -0.2) is 0 Å². The summed E-state index contributed by atoms with van der Waals surface area (Å²) in [6.45, 7) is 0.386. The highest BCUT2D eigenvalue weighted by Gasteiger charge is 2.34. The van der Waals surface area contributed by atoms with Crippen molar-refractivity contribution in [3.05, 3.63) is 65.7 Å². The number of benzene rings is 2. The van der Waals surface area contributed by atoms with Gasteiger partial charge in [-0.1, -0.05) is 30.3 Å². The fourth-order valence-electron chi connectivity index (χ4n) is 2.81. The normalized spacial score (nSPS) is 13.9. The predicted octanol–water partition coefficient (Wildman–Crippen LogP) is 2.86. The van der Waals surface area contributed by atoms with Crippen molar-refractivity contribution in [2.24, 2.45) is 0 Å². The van der Waals surface area contributed by atoms with Crippen molar-refractivity contribution < 1.29 is 22.2 Å². The number of imide groups is 1. The topological polar surface area (TPSA) is 80.8 Å². The van der Waals surface area contributed by atoms with E-state index >= 15 is 0 Å². The molecule has 0 bridgehead atoms. The van der Waals surface area contributed by atoms with E-state index in [1.807, 2.05) is 0 Å². The molecule has 136 valence electrons. The Bertz CT molecular complexity index is 874. The number of rotatable bonds is 8. The number of carbonyl (C=O) groups is 2. The average Bonchev–Trinajstić information content (AvgIpc) is 2.90. The fraction of sp³-hybridized carbons (Fsp3) is 0.263. The lowest BCUT2D eigenvalue weighted by Crippen LogP contribution is -2.30. The molecule has 0 atom stereocenters. The van der Waals surface area contributed by atoms with Crippen LogP contribution < -0.4 is 0 Å². The number of unbranched alkanes of at least 4 members (excludes halogenated alkanes) is 2. The predicted molar refractivity (Wildman–Crippen MR) is 95.2 cm³/mol. The van der Waals surface area contributed by atoms with Gasteiger partial charge in [-0.2, -0.15) is 8.42 Å². The van der Waals surface area contributed by atoms with Crippen LogP contribution in [0.3, 0.4) is 0 Å².